The lowest BCUT2D eigenvalue weighted by Crippen LogP contribution is -2.32. The summed E-state index contributed by atoms with van der Waals surface area (Å²) in [6.07, 6.45) is 7.36. The van der Waals surface area contributed by atoms with E-state index in [0.717, 1.165) is 38.8 Å². The molecule has 0 spiro atoms. The number of hydrogen-bond donors (Lipinski definition) is 1. The van der Waals surface area contributed by atoms with Crippen LogP contribution >= 0.6 is 0 Å². The van der Waals surface area contributed by atoms with Crippen LogP contribution < -0.4 is 5.73 Å². The molecule has 116 valence electrons. The topological polar surface area (TPSA) is 46.3 Å². The molecule has 0 aliphatic heterocycles. The third kappa shape index (κ3) is 5.50. The fraction of sp³-hybridized carbons (Fsp3) is 0.611. The molecule has 0 bridgehead atoms. The first kappa shape index (κ1) is 16.0. The minimum Gasteiger partial charge on any atom is -0.335 e. The van der Waals surface area contributed by atoms with Crippen molar-refractivity contribution in [3.8, 4) is 0 Å². The predicted octanol–water partition coefficient (Wildman–Crippen LogP) is 3.40. The van der Waals surface area contributed by atoms with Gasteiger partial charge in [-0.3, -0.25) is 4.79 Å². The van der Waals surface area contributed by atoms with E-state index in [-0.39, 0.29) is 0 Å². The Morgan fingerprint density at radius 3 is 2.67 bits per heavy atom. The summed E-state index contributed by atoms with van der Waals surface area (Å²) in [6.45, 7) is 3.63. The number of hydrogen-bond acceptors (Lipinski definition) is 2. The maximum atomic E-state index is 12.4. The van der Waals surface area contributed by atoms with Crippen molar-refractivity contribution < 1.29 is 4.79 Å². The number of amides is 1. The molecule has 1 aromatic rings. The normalized spacial score (nSPS) is 14.2. The number of carbonyl (C=O) groups is 1. The largest absolute Gasteiger partial charge is 0.335 e. The van der Waals surface area contributed by atoms with E-state index in [0.29, 0.717) is 18.4 Å². The maximum absolute atomic E-state index is 12.4. The monoisotopic (exact) mass is 288 g/mol. The molecule has 21 heavy (non-hydrogen) atoms. The second-order valence-electron chi connectivity index (χ2n) is 6.19. The molecular formula is C18H28N2O. The van der Waals surface area contributed by atoms with Gasteiger partial charge in [-0.25, -0.2) is 0 Å². The molecule has 3 nitrogen and oxygen atoms in total. The summed E-state index contributed by atoms with van der Waals surface area (Å²) >= 11 is 0. The highest BCUT2D eigenvalue weighted by Crippen LogP contribution is 2.29. The van der Waals surface area contributed by atoms with Crippen LogP contribution in [-0.2, 0) is 11.3 Å². The Morgan fingerprint density at radius 1 is 1.24 bits per heavy atom. The molecule has 1 saturated carbocycles. The van der Waals surface area contributed by atoms with Crippen molar-refractivity contribution >= 4 is 5.91 Å². The first-order valence-corrected chi connectivity index (χ1v) is 8.26. The summed E-state index contributed by atoms with van der Waals surface area (Å²) in [5.41, 5.74) is 8.00. The Hall–Kier alpha value is -1.35. The van der Waals surface area contributed by atoms with Crippen LogP contribution in [0.4, 0.5) is 0 Å². The van der Waals surface area contributed by atoms with Crippen LogP contribution in [0.1, 0.15) is 56.1 Å². The second kappa shape index (κ2) is 8.18. The van der Waals surface area contributed by atoms with Crippen LogP contribution in [-0.4, -0.2) is 23.4 Å². The average Bonchev–Trinajstić information content (AvgIpc) is 3.29. The standard InChI is InChI=1S/C18H28N2O/c1-15-7-6-8-16(13-15)14-20(17-10-11-17)18(21)9-4-2-3-5-12-19/h6-8,13,17H,2-5,9-12,14,19H2,1H3. The predicted molar refractivity (Wildman–Crippen MR) is 86.9 cm³/mol. The Morgan fingerprint density at radius 2 is 2.00 bits per heavy atom. The van der Waals surface area contributed by atoms with Crippen LogP contribution in [0.2, 0.25) is 0 Å². The van der Waals surface area contributed by atoms with Crippen LogP contribution in [0.5, 0.6) is 0 Å². The van der Waals surface area contributed by atoms with E-state index >= 15 is 0 Å². The Labute approximate surface area is 128 Å². The third-order valence-corrected chi connectivity index (χ3v) is 4.09. The molecule has 0 radical (unpaired) electrons. The molecule has 1 amide bonds. The smallest absolute Gasteiger partial charge is 0.223 e. The molecule has 0 aromatic heterocycles. The molecule has 0 heterocycles. The zero-order valence-electron chi connectivity index (χ0n) is 13.2. The number of nitrogens with two attached hydrogens (primary N) is 1. The summed E-state index contributed by atoms with van der Waals surface area (Å²) in [4.78, 5) is 14.5. The first-order valence-electron chi connectivity index (χ1n) is 8.26. The van der Waals surface area contributed by atoms with Crippen LogP contribution in [0.3, 0.4) is 0 Å². The van der Waals surface area contributed by atoms with Gasteiger partial charge in [0.25, 0.3) is 0 Å². The SMILES string of the molecule is Cc1cccc(CN(C(=O)CCCCCCN)C2CC2)c1. The summed E-state index contributed by atoms with van der Waals surface area (Å²) in [5.74, 6) is 0.326. The van der Waals surface area contributed by atoms with Gasteiger partial charge in [-0.1, -0.05) is 42.7 Å². The van der Waals surface area contributed by atoms with E-state index in [4.69, 9.17) is 5.73 Å². The maximum Gasteiger partial charge on any atom is 0.223 e. The number of nitrogens with zero attached hydrogens (tertiary/aromatic N) is 1. The van der Waals surface area contributed by atoms with Crippen LogP contribution in [0.15, 0.2) is 24.3 Å². The van der Waals surface area contributed by atoms with Gasteiger partial charge < -0.3 is 10.6 Å². The van der Waals surface area contributed by atoms with Gasteiger partial charge in [0.05, 0.1) is 0 Å². The van der Waals surface area contributed by atoms with E-state index in [1.165, 1.54) is 24.0 Å². The lowest BCUT2D eigenvalue weighted by molar-refractivity contribution is -0.132. The molecule has 3 heteroatoms. The highest BCUT2D eigenvalue weighted by Gasteiger charge is 2.32. The van der Waals surface area contributed by atoms with Gasteiger partial charge in [0.15, 0.2) is 0 Å². The molecule has 1 aromatic carbocycles. The molecule has 1 aliphatic rings. The van der Waals surface area contributed by atoms with Crippen molar-refractivity contribution in [1.29, 1.82) is 0 Å². The zero-order valence-corrected chi connectivity index (χ0v) is 13.2. The van der Waals surface area contributed by atoms with Crippen LogP contribution in [0.25, 0.3) is 0 Å². The molecule has 1 aliphatic carbocycles. The minimum atomic E-state index is 0.326. The van der Waals surface area contributed by atoms with Crippen molar-refractivity contribution in [2.24, 2.45) is 5.73 Å². The molecule has 0 saturated heterocycles. The number of aryl methyl sites for hydroxylation is 1. The van der Waals surface area contributed by atoms with Crippen molar-refractivity contribution in [3.63, 3.8) is 0 Å². The second-order valence-corrected chi connectivity index (χ2v) is 6.19. The Balaban J connectivity index is 1.82. The summed E-state index contributed by atoms with van der Waals surface area (Å²) in [6, 6.07) is 8.97. The van der Waals surface area contributed by atoms with Gasteiger partial charge in [0.2, 0.25) is 5.91 Å². The number of unbranched alkanes of at least 4 members (excludes halogenated alkanes) is 3. The molecule has 0 unspecified atom stereocenters. The van der Waals surface area contributed by atoms with Crippen molar-refractivity contribution in [2.75, 3.05) is 6.54 Å². The lowest BCUT2D eigenvalue weighted by Gasteiger charge is -2.23. The lowest BCUT2D eigenvalue weighted by atomic mass is 10.1. The minimum absolute atomic E-state index is 0.326. The molecule has 0 atom stereocenters. The third-order valence-electron chi connectivity index (χ3n) is 4.09. The highest BCUT2D eigenvalue weighted by atomic mass is 16.2. The van der Waals surface area contributed by atoms with E-state index in [1.807, 2.05) is 0 Å². The van der Waals surface area contributed by atoms with Gasteiger partial charge in [0, 0.05) is 19.0 Å². The average molecular weight is 288 g/mol. The zero-order chi connectivity index (χ0) is 15.1. The molecular weight excluding hydrogens is 260 g/mol. The molecule has 1 fully saturated rings. The van der Waals surface area contributed by atoms with Gasteiger partial charge in [-0.05, 0) is 44.7 Å². The van der Waals surface area contributed by atoms with E-state index in [1.54, 1.807) is 0 Å². The molecule has 2 N–H and O–H groups in total. The first-order chi connectivity index (χ1) is 10.2. The van der Waals surface area contributed by atoms with Gasteiger partial charge in [-0.2, -0.15) is 0 Å². The molecule has 2 rings (SSSR count). The van der Waals surface area contributed by atoms with Crippen molar-refractivity contribution in [3.05, 3.63) is 35.4 Å². The van der Waals surface area contributed by atoms with E-state index in [2.05, 4.69) is 36.1 Å². The van der Waals surface area contributed by atoms with E-state index in [9.17, 15) is 4.79 Å². The fourth-order valence-electron chi connectivity index (χ4n) is 2.73. The Kier molecular flexibility index (Phi) is 6.24. The van der Waals surface area contributed by atoms with E-state index < -0.39 is 0 Å². The highest BCUT2D eigenvalue weighted by molar-refractivity contribution is 5.76. The fourth-order valence-corrected chi connectivity index (χ4v) is 2.73. The number of rotatable bonds is 9. The summed E-state index contributed by atoms with van der Waals surface area (Å²) in [5, 5.41) is 0. The number of carbonyl (C=O) groups excluding carboxylic acids is 1. The van der Waals surface area contributed by atoms with Gasteiger partial charge >= 0.3 is 0 Å². The summed E-state index contributed by atoms with van der Waals surface area (Å²) < 4.78 is 0. The van der Waals surface area contributed by atoms with Gasteiger partial charge in [-0.15, -0.1) is 0 Å². The van der Waals surface area contributed by atoms with Crippen molar-refractivity contribution in [1.82, 2.24) is 4.90 Å². The quantitative estimate of drug-likeness (QED) is 0.708. The van der Waals surface area contributed by atoms with Gasteiger partial charge in [0.1, 0.15) is 0 Å². The number of benzene rings is 1. The van der Waals surface area contributed by atoms with Crippen LogP contribution in [0, 0.1) is 6.92 Å². The Bertz CT molecular complexity index is 454. The van der Waals surface area contributed by atoms with Crippen molar-refractivity contribution in [2.45, 2.75) is 64.5 Å². The summed E-state index contributed by atoms with van der Waals surface area (Å²) in [7, 11) is 0.